The molecule has 1 unspecified atom stereocenters. The van der Waals surface area contributed by atoms with E-state index < -0.39 is 0 Å². The van der Waals surface area contributed by atoms with E-state index in [0.29, 0.717) is 18.5 Å². The van der Waals surface area contributed by atoms with E-state index in [1.807, 2.05) is 0 Å². The molecule has 0 N–H and O–H groups in total. The molecule has 0 aromatic rings. The number of carbonyl (C=O) groups excluding carboxylic acids is 1. The van der Waals surface area contributed by atoms with Crippen LogP contribution >= 0.6 is 0 Å². The topological polar surface area (TPSA) is 29.5 Å². The molecule has 1 atom stereocenters. The van der Waals surface area contributed by atoms with E-state index in [9.17, 15) is 4.79 Å². The highest BCUT2D eigenvalue weighted by molar-refractivity contribution is 5.76. The third-order valence-corrected chi connectivity index (χ3v) is 2.72. The largest absolute Gasteiger partial charge is 0.383 e. The first-order chi connectivity index (χ1) is 6.65. The second-order valence-electron chi connectivity index (χ2n) is 4.22. The highest BCUT2D eigenvalue weighted by atomic mass is 16.5. The van der Waals surface area contributed by atoms with Gasteiger partial charge in [-0.2, -0.15) is 0 Å². The number of hydrogen-bond acceptors (Lipinski definition) is 3. The van der Waals surface area contributed by atoms with Crippen LogP contribution in [0.15, 0.2) is 0 Å². The maximum absolute atomic E-state index is 11.0. The molecule has 1 fully saturated rings. The van der Waals surface area contributed by atoms with Crippen molar-refractivity contribution < 1.29 is 9.53 Å². The van der Waals surface area contributed by atoms with Crippen molar-refractivity contribution in [2.45, 2.75) is 45.2 Å². The van der Waals surface area contributed by atoms with Crippen molar-refractivity contribution in [3.8, 4) is 0 Å². The van der Waals surface area contributed by atoms with Gasteiger partial charge >= 0.3 is 0 Å². The SMILES string of the molecule is COCCN(C(C)CC(C)=O)C1CC1. The fourth-order valence-corrected chi connectivity index (χ4v) is 1.90. The van der Waals surface area contributed by atoms with Gasteiger partial charge in [0.05, 0.1) is 6.61 Å². The van der Waals surface area contributed by atoms with Gasteiger partial charge in [0.2, 0.25) is 0 Å². The minimum Gasteiger partial charge on any atom is -0.383 e. The van der Waals surface area contributed by atoms with Gasteiger partial charge in [-0.25, -0.2) is 0 Å². The summed E-state index contributed by atoms with van der Waals surface area (Å²) in [5.74, 6) is 0.278. The van der Waals surface area contributed by atoms with Crippen molar-refractivity contribution in [3.05, 3.63) is 0 Å². The minimum atomic E-state index is 0.278. The molecule has 0 heterocycles. The van der Waals surface area contributed by atoms with Gasteiger partial charge in [0.1, 0.15) is 5.78 Å². The number of ketones is 1. The number of carbonyl (C=O) groups is 1. The zero-order valence-electron chi connectivity index (χ0n) is 9.45. The fraction of sp³-hybridized carbons (Fsp3) is 0.909. The molecule has 0 aromatic heterocycles. The van der Waals surface area contributed by atoms with Crippen LogP contribution in [0.5, 0.6) is 0 Å². The Balaban J connectivity index is 2.35. The standard InChI is InChI=1S/C11H21NO2/c1-9(8-10(2)13)12(6-7-14-3)11-4-5-11/h9,11H,4-8H2,1-3H3. The molecule has 1 saturated carbocycles. The smallest absolute Gasteiger partial charge is 0.131 e. The van der Waals surface area contributed by atoms with Crippen molar-refractivity contribution in [2.75, 3.05) is 20.3 Å². The van der Waals surface area contributed by atoms with Crippen LogP contribution in [0.1, 0.15) is 33.1 Å². The lowest BCUT2D eigenvalue weighted by atomic mass is 10.1. The van der Waals surface area contributed by atoms with E-state index in [1.54, 1.807) is 14.0 Å². The Labute approximate surface area is 86.4 Å². The van der Waals surface area contributed by atoms with E-state index in [-0.39, 0.29) is 5.78 Å². The van der Waals surface area contributed by atoms with Gasteiger partial charge in [-0.15, -0.1) is 0 Å². The van der Waals surface area contributed by atoms with Crippen LogP contribution in [0.25, 0.3) is 0 Å². The molecular weight excluding hydrogens is 178 g/mol. The Bertz CT molecular complexity index is 190. The molecule has 3 heteroatoms. The third-order valence-electron chi connectivity index (χ3n) is 2.72. The summed E-state index contributed by atoms with van der Waals surface area (Å²) in [4.78, 5) is 13.4. The molecule has 0 saturated heterocycles. The van der Waals surface area contributed by atoms with E-state index in [0.717, 1.165) is 13.2 Å². The summed E-state index contributed by atoms with van der Waals surface area (Å²) < 4.78 is 5.08. The summed E-state index contributed by atoms with van der Waals surface area (Å²) in [6.07, 6.45) is 3.23. The highest BCUT2D eigenvalue weighted by Crippen LogP contribution is 2.29. The van der Waals surface area contributed by atoms with Crippen LogP contribution in [-0.4, -0.2) is 43.0 Å². The van der Waals surface area contributed by atoms with Crippen molar-refractivity contribution in [1.29, 1.82) is 0 Å². The maximum atomic E-state index is 11.0. The molecule has 1 aliphatic carbocycles. The second-order valence-corrected chi connectivity index (χ2v) is 4.22. The molecule has 82 valence electrons. The summed E-state index contributed by atoms with van der Waals surface area (Å²) in [5.41, 5.74) is 0. The summed E-state index contributed by atoms with van der Waals surface area (Å²) in [5, 5.41) is 0. The predicted molar refractivity (Wildman–Crippen MR) is 56.4 cm³/mol. The van der Waals surface area contributed by atoms with Crippen molar-refractivity contribution in [3.63, 3.8) is 0 Å². The molecule has 0 aromatic carbocycles. The maximum Gasteiger partial charge on any atom is 0.131 e. The number of ether oxygens (including phenoxy) is 1. The fourth-order valence-electron chi connectivity index (χ4n) is 1.90. The van der Waals surface area contributed by atoms with Gasteiger partial charge in [-0.3, -0.25) is 9.69 Å². The zero-order chi connectivity index (χ0) is 10.6. The van der Waals surface area contributed by atoms with Crippen LogP contribution in [-0.2, 0) is 9.53 Å². The molecule has 3 nitrogen and oxygen atoms in total. The minimum absolute atomic E-state index is 0.278. The highest BCUT2D eigenvalue weighted by Gasteiger charge is 2.31. The van der Waals surface area contributed by atoms with Gasteiger partial charge in [-0.05, 0) is 26.7 Å². The molecule has 1 aliphatic rings. The van der Waals surface area contributed by atoms with Gasteiger partial charge in [0.25, 0.3) is 0 Å². The van der Waals surface area contributed by atoms with E-state index in [2.05, 4.69) is 11.8 Å². The average Bonchev–Trinajstić information content (AvgIpc) is 2.87. The molecule has 0 amide bonds. The Hall–Kier alpha value is -0.410. The van der Waals surface area contributed by atoms with E-state index in [1.165, 1.54) is 12.8 Å². The van der Waals surface area contributed by atoms with Crippen LogP contribution in [0.2, 0.25) is 0 Å². The summed E-state index contributed by atoms with van der Waals surface area (Å²) in [6, 6.07) is 1.08. The summed E-state index contributed by atoms with van der Waals surface area (Å²) >= 11 is 0. The second kappa shape index (κ2) is 5.47. The molecule has 0 radical (unpaired) electrons. The lowest BCUT2D eigenvalue weighted by Crippen LogP contribution is -2.38. The predicted octanol–water partition coefficient (Wildman–Crippen LogP) is 1.46. The van der Waals surface area contributed by atoms with Crippen LogP contribution in [0.3, 0.4) is 0 Å². The molecule has 0 aliphatic heterocycles. The van der Waals surface area contributed by atoms with Gasteiger partial charge in [0.15, 0.2) is 0 Å². The van der Waals surface area contributed by atoms with E-state index >= 15 is 0 Å². The molecule has 14 heavy (non-hydrogen) atoms. The van der Waals surface area contributed by atoms with Gasteiger partial charge < -0.3 is 4.74 Å². The first kappa shape index (κ1) is 11.7. The Morgan fingerprint density at radius 2 is 2.21 bits per heavy atom. The lowest BCUT2D eigenvalue weighted by molar-refractivity contribution is -0.118. The third kappa shape index (κ3) is 3.76. The van der Waals surface area contributed by atoms with Gasteiger partial charge in [-0.1, -0.05) is 0 Å². The first-order valence-corrected chi connectivity index (χ1v) is 5.39. The van der Waals surface area contributed by atoms with E-state index in [4.69, 9.17) is 4.74 Å². The summed E-state index contributed by atoms with van der Waals surface area (Å²) in [7, 11) is 1.72. The van der Waals surface area contributed by atoms with Gasteiger partial charge in [0, 0.05) is 32.2 Å². The monoisotopic (exact) mass is 199 g/mol. The zero-order valence-corrected chi connectivity index (χ0v) is 9.45. The number of Topliss-reactive ketones (excluding diaryl/α,β-unsaturated/α-hetero) is 1. The molecular formula is C11H21NO2. The molecule has 0 spiro atoms. The van der Waals surface area contributed by atoms with Crippen molar-refractivity contribution in [2.24, 2.45) is 0 Å². The normalized spacial score (nSPS) is 18.6. The van der Waals surface area contributed by atoms with Crippen molar-refractivity contribution >= 4 is 5.78 Å². The Kier molecular flexibility index (Phi) is 4.55. The Morgan fingerprint density at radius 3 is 2.64 bits per heavy atom. The number of nitrogens with zero attached hydrogens (tertiary/aromatic N) is 1. The number of rotatable bonds is 7. The number of methoxy groups -OCH3 is 1. The van der Waals surface area contributed by atoms with Crippen LogP contribution in [0, 0.1) is 0 Å². The quantitative estimate of drug-likeness (QED) is 0.622. The van der Waals surface area contributed by atoms with Crippen LogP contribution < -0.4 is 0 Å². The lowest BCUT2D eigenvalue weighted by Gasteiger charge is -2.28. The average molecular weight is 199 g/mol. The van der Waals surface area contributed by atoms with Crippen molar-refractivity contribution in [1.82, 2.24) is 4.90 Å². The first-order valence-electron chi connectivity index (χ1n) is 5.39. The summed E-state index contributed by atoms with van der Waals surface area (Å²) in [6.45, 7) is 5.52. The number of hydrogen-bond donors (Lipinski definition) is 0. The molecule has 0 bridgehead atoms. The van der Waals surface area contributed by atoms with Crippen LogP contribution in [0.4, 0.5) is 0 Å². The molecule has 1 rings (SSSR count). The Morgan fingerprint density at radius 1 is 1.57 bits per heavy atom.